The normalized spacial score (nSPS) is 41.0. The molecular formula is C11H17N3O5S. The zero-order valence-electron chi connectivity index (χ0n) is 10.8. The van der Waals surface area contributed by atoms with Crippen LogP contribution in [0.3, 0.4) is 0 Å². The third kappa shape index (κ3) is 2.36. The summed E-state index contributed by atoms with van der Waals surface area (Å²) >= 11 is 4.80. The molecule has 2 aliphatic heterocycles. The van der Waals surface area contributed by atoms with E-state index in [4.69, 9.17) is 22.1 Å². The molecule has 2 rings (SSSR count). The molecule has 0 aromatic carbocycles. The molecule has 0 aliphatic carbocycles. The minimum absolute atomic E-state index is 0.0356. The molecule has 1 amide bonds. The van der Waals surface area contributed by atoms with Gasteiger partial charge in [-0.25, -0.2) is 4.99 Å². The van der Waals surface area contributed by atoms with Crippen LogP contribution in [-0.2, 0) is 9.53 Å². The minimum Gasteiger partial charge on any atom is -0.394 e. The Hall–Kier alpha value is -0.970. The van der Waals surface area contributed by atoms with Crippen LogP contribution in [0.5, 0.6) is 0 Å². The van der Waals surface area contributed by atoms with E-state index in [-0.39, 0.29) is 11.7 Å². The summed E-state index contributed by atoms with van der Waals surface area (Å²) in [6.07, 6.45) is -3.24. The number of aliphatic imine (C=N–C) groups is 1. The van der Waals surface area contributed by atoms with Gasteiger partial charge in [0.2, 0.25) is 5.91 Å². The maximum atomic E-state index is 12.3. The van der Waals surface area contributed by atoms with Gasteiger partial charge in [0.1, 0.15) is 29.8 Å². The van der Waals surface area contributed by atoms with Crippen molar-refractivity contribution < 1.29 is 24.9 Å². The van der Waals surface area contributed by atoms with Crippen molar-refractivity contribution in [1.29, 1.82) is 0 Å². The predicted octanol–water partition coefficient (Wildman–Crippen LogP) is -2.84. The van der Waals surface area contributed by atoms with Crippen LogP contribution in [0.1, 0.15) is 0 Å². The molecular weight excluding hydrogens is 286 g/mol. The first kappa shape index (κ1) is 15.4. The van der Waals surface area contributed by atoms with Crippen molar-refractivity contribution in [1.82, 2.24) is 10.6 Å². The number of hydrogen-bond acceptors (Lipinski definition) is 7. The van der Waals surface area contributed by atoms with Crippen molar-refractivity contribution >= 4 is 29.5 Å². The molecule has 1 fully saturated rings. The summed E-state index contributed by atoms with van der Waals surface area (Å²) in [4.78, 5) is 16.2. The summed E-state index contributed by atoms with van der Waals surface area (Å²) in [5.74, 6) is -0.471. The molecule has 0 radical (unpaired) electrons. The molecule has 0 saturated carbocycles. The first-order valence-corrected chi connectivity index (χ1v) is 6.55. The number of ether oxygens (including phenoxy) is 1. The Morgan fingerprint density at radius 1 is 1.55 bits per heavy atom. The van der Waals surface area contributed by atoms with E-state index >= 15 is 0 Å². The van der Waals surface area contributed by atoms with Crippen LogP contribution < -0.4 is 10.6 Å². The summed E-state index contributed by atoms with van der Waals surface area (Å²) in [6, 6.07) is 0. The number of thiocarbonyl (C=S) groups is 1. The van der Waals surface area contributed by atoms with Crippen molar-refractivity contribution in [3.05, 3.63) is 0 Å². The molecule has 8 nitrogen and oxygen atoms in total. The molecule has 1 unspecified atom stereocenters. The van der Waals surface area contributed by atoms with Gasteiger partial charge in [-0.05, 0) is 19.3 Å². The molecule has 112 valence electrons. The highest BCUT2D eigenvalue weighted by atomic mass is 32.1. The number of aliphatic hydroxyl groups is 3. The van der Waals surface area contributed by atoms with Crippen LogP contribution in [0.4, 0.5) is 0 Å². The van der Waals surface area contributed by atoms with Crippen molar-refractivity contribution in [2.75, 3.05) is 20.2 Å². The third-order valence-corrected chi connectivity index (χ3v) is 3.78. The second-order valence-corrected chi connectivity index (χ2v) is 5.23. The second kappa shape index (κ2) is 5.80. The van der Waals surface area contributed by atoms with Crippen LogP contribution >= 0.6 is 12.2 Å². The highest BCUT2D eigenvalue weighted by Crippen LogP contribution is 2.35. The SMILES string of the molecule is CNCC1([C@@H]2O[C@H](CO)[C@@H](O)[C@H]2O)C=NC(=S)NC1=O. The van der Waals surface area contributed by atoms with Crippen LogP contribution in [-0.4, -0.2) is 77.2 Å². The molecule has 2 aliphatic rings. The van der Waals surface area contributed by atoms with E-state index in [1.165, 1.54) is 6.21 Å². The van der Waals surface area contributed by atoms with Crippen molar-refractivity contribution in [2.45, 2.75) is 24.4 Å². The predicted molar refractivity (Wildman–Crippen MR) is 73.4 cm³/mol. The highest BCUT2D eigenvalue weighted by molar-refractivity contribution is 7.80. The Kier molecular flexibility index (Phi) is 4.47. The average molecular weight is 303 g/mol. The van der Waals surface area contributed by atoms with Gasteiger partial charge in [-0.3, -0.25) is 4.79 Å². The zero-order chi connectivity index (χ0) is 14.9. The Morgan fingerprint density at radius 2 is 2.25 bits per heavy atom. The summed E-state index contributed by atoms with van der Waals surface area (Å²) in [5.41, 5.74) is -1.30. The van der Waals surface area contributed by atoms with Gasteiger partial charge in [0.05, 0.1) is 6.61 Å². The fraction of sp³-hybridized carbons (Fsp3) is 0.727. The first-order valence-electron chi connectivity index (χ1n) is 6.14. The topological polar surface area (TPSA) is 123 Å². The fourth-order valence-corrected chi connectivity index (χ4v) is 2.67. The largest absolute Gasteiger partial charge is 0.394 e. The van der Waals surface area contributed by atoms with Gasteiger partial charge in [0.15, 0.2) is 5.11 Å². The number of carbonyl (C=O) groups excluding carboxylic acids is 1. The van der Waals surface area contributed by atoms with Gasteiger partial charge < -0.3 is 30.7 Å². The minimum atomic E-state index is -1.32. The van der Waals surface area contributed by atoms with Gasteiger partial charge in [-0.1, -0.05) is 0 Å². The highest BCUT2D eigenvalue weighted by Gasteiger charge is 2.57. The Labute approximate surface area is 120 Å². The molecule has 0 aromatic heterocycles. The lowest BCUT2D eigenvalue weighted by Crippen LogP contribution is -2.61. The maximum absolute atomic E-state index is 12.3. The Balaban J connectivity index is 2.36. The van der Waals surface area contributed by atoms with E-state index in [2.05, 4.69) is 15.6 Å². The lowest BCUT2D eigenvalue weighted by atomic mass is 9.78. The number of nitrogens with zero attached hydrogens (tertiary/aromatic N) is 1. The quantitative estimate of drug-likeness (QED) is 0.354. The van der Waals surface area contributed by atoms with E-state index in [9.17, 15) is 15.0 Å². The van der Waals surface area contributed by atoms with Crippen LogP contribution in [0.15, 0.2) is 4.99 Å². The maximum Gasteiger partial charge on any atom is 0.241 e. The zero-order valence-corrected chi connectivity index (χ0v) is 11.6. The van der Waals surface area contributed by atoms with E-state index in [0.717, 1.165) is 0 Å². The van der Waals surface area contributed by atoms with Crippen LogP contribution in [0.25, 0.3) is 0 Å². The molecule has 5 N–H and O–H groups in total. The lowest BCUT2D eigenvalue weighted by molar-refractivity contribution is -0.136. The van der Waals surface area contributed by atoms with Crippen molar-refractivity contribution in [2.24, 2.45) is 10.4 Å². The number of amides is 1. The molecule has 20 heavy (non-hydrogen) atoms. The molecule has 2 heterocycles. The molecule has 5 atom stereocenters. The summed E-state index contributed by atoms with van der Waals surface area (Å²) in [7, 11) is 1.64. The fourth-order valence-electron chi connectivity index (χ4n) is 2.53. The Bertz CT molecular complexity index is 446. The van der Waals surface area contributed by atoms with Gasteiger partial charge in [0, 0.05) is 12.8 Å². The number of rotatable bonds is 4. The number of nitrogens with one attached hydrogen (secondary N) is 2. The van der Waals surface area contributed by atoms with E-state index < -0.39 is 42.3 Å². The first-order chi connectivity index (χ1) is 9.46. The molecule has 9 heteroatoms. The smallest absolute Gasteiger partial charge is 0.241 e. The van der Waals surface area contributed by atoms with Gasteiger partial charge in [0.25, 0.3) is 0 Å². The van der Waals surface area contributed by atoms with Crippen molar-refractivity contribution in [3.63, 3.8) is 0 Å². The molecule has 0 spiro atoms. The Morgan fingerprint density at radius 3 is 2.75 bits per heavy atom. The summed E-state index contributed by atoms with van der Waals surface area (Å²) in [5, 5.41) is 34.3. The average Bonchev–Trinajstić information content (AvgIpc) is 2.70. The van der Waals surface area contributed by atoms with Gasteiger partial charge >= 0.3 is 0 Å². The van der Waals surface area contributed by atoms with E-state index in [0.29, 0.717) is 0 Å². The van der Waals surface area contributed by atoms with Gasteiger partial charge in [-0.15, -0.1) is 0 Å². The number of carbonyl (C=O) groups is 1. The van der Waals surface area contributed by atoms with E-state index in [1.807, 2.05) is 0 Å². The third-order valence-electron chi connectivity index (χ3n) is 3.57. The summed E-state index contributed by atoms with van der Waals surface area (Å²) in [6.45, 7) is -0.320. The summed E-state index contributed by atoms with van der Waals surface area (Å²) < 4.78 is 5.45. The van der Waals surface area contributed by atoms with Crippen molar-refractivity contribution in [3.8, 4) is 0 Å². The molecule has 1 saturated heterocycles. The molecule has 0 aromatic rings. The standard InChI is InChI=1S/C11H17N3O5S/c1-12-3-11(4-13-10(20)14-9(11)18)8-7(17)6(16)5(2-15)19-8/h4-8,12,15-17H,2-3H2,1H3,(H,14,18,20)/t5-,6-,7-,8-,11?/m1/s1. The molecule has 0 bridgehead atoms. The second-order valence-electron chi connectivity index (χ2n) is 4.85. The monoisotopic (exact) mass is 303 g/mol. The number of hydrogen-bond donors (Lipinski definition) is 5. The lowest BCUT2D eigenvalue weighted by Gasteiger charge is -2.36. The van der Waals surface area contributed by atoms with E-state index in [1.54, 1.807) is 7.05 Å². The van der Waals surface area contributed by atoms with Crippen LogP contribution in [0, 0.1) is 5.41 Å². The van der Waals surface area contributed by atoms with Crippen LogP contribution in [0.2, 0.25) is 0 Å². The van der Waals surface area contributed by atoms with Gasteiger partial charge in [-0.2, -0.15) is 0 Å². The number of aliphatic hydroxyl groups excluding tert-OH is 3.